The van der Waals surface area contributed by atoms with Gasteiger partial charge in [0.25, 0.3) is 0 Å². The molecule has 0 aliphatic heterocycles. The summed E-state index contributed by atoms with van der Waals surface area (Å²) in [6.45, 7) is 7.41. The average Bonchev–Trinajstić information content (AvgIpc) is 2.16. The number of ether oxygens (including phenoxy) is 1. The van der Waals surface area contributed by atoms with Crippen LogP contribution in [0.15, 0.2) is 24.5 Å². The molecule has 0 aromatic carbocycles. The fourth-order valence-corrected chi connectivity index (χ4v) is 1.22. The summed E-state index contributed by atoms with van der Waals surface area (Å²) in [5.41, 5.74) is 0.531. The van der Waals surface area contributed by atoms with Gasteiger partial charge in [0.15, 0.2) is 0 Å². The molecule has 0 spiro atoms. The number of pyridine rings is 1. The third-order valence-corrected chi connectivity index (χ3v) is 1.94. The maximum Gasteiger partial charge on any atom is 0.408 e. The summed E-state index contributed by atoms with van der Waals surface area (Å²) >= 11 is 0. The first-order chi connectivity index (χ1) is 7.38. The number of aromatic nitrogens is 1. The minimum atomic E-state index is -0.470. The van der Waals surface area contributed by atoms with Gasteiger partial charge in [-0.15, -0.1) is 0 Å². The third kappa shape index (κ3) is 4.29. The van der Waals surface area contributed by atoms with Crippen LogP contribution in [0.1, 0.15) is 39.3 Å². The van der Waals surface area contributed by atoms with Crippen molar-refractivity contribution in [3.05, 3.63) is 30.1 Å². The van der Waals surface area contributed by atoms with Crippen LogP contribution in [0.2, 0.25) is 0 Å². The summed E-state index contributed by atoms with van der Waals surface area (Å²) in [7, 11) is 0. The molecular weight excluding hydrogens is 204 g/mol. The Hall–Kier alpha value is -1.58. The lowest BCUT2D eigenvalue weighted by Gasteiger charge is -2.22. The monoisotopic (exact) mass is 222 g/mol. The van der Waals surface area contributed by atoms with E-state index in [-0.39, 0.29) is 6.04 Å². The summed E-state index contributed by atoms with van der Waals surface area (Å²) in [6, 6.07) is 3.64. The van der Waals surface area contributed by atoms with Crippen molar-refractivity contribution in [1.82, 2.24) is 10.3 Å². The zero-order valence-electron chi connectivity index (χ0n) is 10.2. The first-order valence-corrected chi connectivity index (χ1v) is 5.28. The predicted octanol–water partition coefficient (Wildman–Crippen LogP) is 2.67. The number of nitrogens with zero attached hydrogens (tertiary/aromatic N) is 1. The minimum Gasteiger partial charge on any atom is -0.444 e. The molecule has 0 aliphatic carbocycles. The van der Waals surface area contributed by atoms with Crippen molar-refractivity contribution in [1.29, 1.82) is 0 Å². The zero-order chi connectivity index (χ0) is 12.2. The van der Waals surface area contributed by atoms with E-state index in [1.165, 1.54) is 0 Å². The van der Waals surface area contributed by atoms with Crippen LogP contribution in [-0.4, -0.2) is 16.7 Å². The summed E-state index contributed by atoms with van der Waals surface area (Å²) in [5.74, 6) is 0. The SMILES string of the molecule is CC(NC(=O)OC(C)(C)C)c1ccncc1. The topological polar surface area (TPSA) is 51.2 Å². The number of alkyl carbamates (subject to hydrolysis) is 1. The first-order valence-electron chi connectivity index (χ1n) is 5.28. The van der Waals surface area contributed by atoms with Crippen molar-refractivity contribution in [3.8, 4) is 0 Å². The Morgan fingerprint density at radius 1 is 1.38 bits per heavy atom. The van der Waals surface area contributed by atoms with Gasteiger partial charge in [-0.3, -0.25) is 4.98 Å². The molecule has 0 saturated carbocycles. The van der Waals surface area contributed by atoms with Gasteiger partial charge in [-0.2, -0.15) is 0 Å². The van der Waals surface area contributed by atoms with Gasteiger partial charge in [0.05, 0.1) is 6.04 Å². The molecule has 1 rings (SSSR count). The molecule has 1 amide bonds. The number of nitrogens with one attached hydrogen (secondary N) is 1. The number of carbonyl (C=O) groups excluding carboxylic acids is 1. The molecule has 0 aliphatic rings. The van der Waals surface area contributed by atoms with Crippen LogP contribution in [-0.2, 0) is 4.74 Å². The van der Waals surface area contributed by atoms with E-state index in [0.717, 1.165) is 5.56 Å². The molecule has 1 unspecified atom stereocenters. The molecule has 1 N–H and O–H groups in total. The van der Waals surface area contributed by atoms with Crippen LogP contribution in [0, 0.1) is 0 Å². The van der Waals surface area contributed by atoms with E-state index < -0.39 is 11.7 Å². The van der Waals surface area contributed by atoms with Crippen LogP contribution < -0.4 is 5.32 Å². The molecule has 0 saturated heterocycles. The Morgan fingerprint density at radius 3 is 2.44 bits per heavy atom. The zero-order valence-corrected chi connectivity index (χ0v) is 10.2. The van der Waals surface area contributed by atoms with Crippen molar-refractivity contribution in [3.63, 3.8) is 0 Å². The third-order valence-electron chi connectivity index (χ3n) is 1.94. The Morgan fingerprint density at radius 2 is 1.94 bits per heavy atom. The van der Waals surface area contributed by atoms with Gasteiger partial charge in [-0.25, -0.2) is 4.79 Å². The van der Waals surface area contributed by atoms with E-state index in [9.17, 15) is 4.79 Å². The molecule has 1 atom stereocenters. The van der Waals surface area contributed by atoms with Crippen molar-refractivity contribution in [2.24, 2.45) is 0 Å². The normalized spacial score (nSPS) is 13.0. The summed E-state index contributed by atoms with van der Waals surface area (Å²) in [6.07, 6.45) is 2.99. The smallest absolute Gasteiger partial charge is 0.408 e. The van der Waals surface area contributed by atoms with Crippen molar-refractivity contribution in [2.45, 2.75) is 39.3 Å². The lowest BCUT2D eigenvalue weighted by molar-refractivity contribution is 0.0508. The van der Waals surface area contributed by atoms with Crippen molar-refractivity contribution >= 4 is 6.09 Å². The van der Waals surface area contributed by atoms with E-state index in [1.54, 1.807) is 12.4 Å². The van der Waals surface area contributed by atoms with Crippen LogP contribution >= 0.6 is 0 Å². The Labute approximate surface area is 96.0 Å². The lowest BCUT2D eigenvalue weighted by atomic mass is 10.1. The fraction of sp³-hybridized carbons (Fsp3) is 0.500. The highest BCUT2D eigenvalue weighted by atomic mass is 16.6. The average molecular weight is 222 g/mol. The molecule has 1 aromatic heterocycles. The Balaban J connectivity index is 2.52. The molecule has 16 heavy (non-hydrogen) atoms. The maximum absolute atomic E-state index is 11.5. The second-order valence-electron chi connectivity index (χ2n) is 4.65. The Bertz CT molecular complexity index is 344. The van der Waals surface area contributed by atoms with Crippen molar-refractivity contribution < 1.29 is 9.53 Å². The molecule has 0 fully saturated rings. The second kappa shape index (κ2) is 4.96. The summed E-state index contributed by atoms with van der Waals surface area (Å²) in [5, 5.41) is 2.76. The number of amides is 1. The van der Waals surface area contributed by atoms with Gasteiger partial charge in [0, 0.05) is 12.4 Å². The van der Waals surface area contributed by atoms with Gasteiger partial charge in [0.1, 0.15) is 5.60 Å². The van der Waals surface area contributed by atoms with Crippen LogP contribution in [0.25, 0.3) is 0 Å². The highest BCUT2D eigenvalue weighted by Crippen LogP contribution is 2.12. The van der Waals surface area contributed by atoms with E-state index in [4.69, 9.17) is 4.74 Å². The highest BCUT2D eigenvalue weighted by molar-refractivity contribution is 5.68. The second-order valence-corrected chi connectivity index (χ2v) is 4.65. The van der Waals surface area contributed by atoms with E-state index in [2.05, 4.69) is 10.3 Å². The number of hydrogen-bond donors (Lipinski definition) is 1. The number of hydrogen-bond acceptors (Lipinski definition) is 3. The lowest BCUT2D eigenvalue weighted by Crippen LogP contribution is -2.34. The van der Waals surface area contributed by atoms with E-state index in [0.29, 0.717) is 0 Å². The van der Waals surface area contributed by atoms with E-state index >= 15 is 0 Å². The van der Waals surface area contributed by atoms with Gasteiger partial charge in [-0.05, 0) is 45.4 Å². The molecule has 4 heteroatoms. The van der Waals surface area contributed by atoms with Gasteiger partial charge >= 0.3 is 6.09 Å². The molecule has 0 radical (unpaired) electrons. The summed E-state index contributed by atoms with van der Waals surface area (Å²) < 4.78 is 5.16. The van der Waals surface area contributed by atoms with Crippen molar-refractivity contribution in [2.75, 3.05) is 0 Å². The standard InChI is InChI=1S/C12H18N2O2/c1-9(10-5-7-13-8-6-10)14-11(15)16-12(2,3)4/h5-9H,1-4H3,(H,14,15). The maximum atomic E-state index is 11.5. The fourth-order valence-electron chi connectivity index (χ4n) is 1.22. The molecule has 1 heterocycles. The van der Waals surface area contributed by atoms with Gasteiger partial charge in [0.2, 0.25) is 0 Å². The molecule has 4 nitrogen and oxygen atoms in total. The molecule has 88 valence electrons. The van der Waals surface area contributed by atoms with Crippen LogP contribution in [0.5, 0.6) is 0 Å². The number of rotatable bonds is 2. The van der Waals surface area contributed by atoms with Gasteiger partial charge in [-0.1, -0.05) is 0 Å². The largest absolute Gasteiger partial charge is 0.444 e. The van der Waals surface area contributed by atoms with Crippen LogP contribution in [0.3, 0.4) is 0 Å². The van der Waals surface area contributed by atoms with E-state index in [1.807, 2.05) is 39.8 Å². The summed E-state index contributed by atoms with van der Waals surface area (Å²) in [4.78, 5) is 15.4. The molecule has 0 bridgehead atoms. The minimum absolute atomic E-state index is 0.0853. The van der Waals surface area contributed by atoms with Crippen LogP contribution in [0.4, 0.5) is 4.79 Å². The quantitative estimate of drug-likeness (QED) is 0.837. The number of carbonyl (C=O) groups is 1. The first kappa shape index (κ1) is 12.5. The predicted molar refractivity (Wildman–Crippen MR) is 62.0 cm³/mol. The Kier molecular flexibility index (Phi) is 3.88. The highest BCUT2D eigenvalue weighted by Gasteiger charge is 2.17. The molecular formula is C12H18N2O2. The molecule has 1 aromatic rings. The van der Waals surface area contributed by atoms with Gasteiger partial charge < -0.3 is 10.1 Å².